The molecule has 2 heterocycles. The van der Waals surface area contributed by atoms with E-state index in [2.05, 4.69) is 20.6 Å². The maximum Gasteiger partial charge on any atom is 0.227 e. The Balaban J connectivity index is 1.39. The number of hydrogen-bond donors (Lipinski definition) is 2. The number of morpholine rings is 1. The highest BCUT2D eigenvalue weighted by Gasteiger charge is 2.31. The van der Waals surface area contributed by atoms with Crippen LogP contribution in [0.15, 0.2) is 36.3 Å². The lowest BCUT2D eigenvalue weighted by molar-refractivity contribution is -0.0113. The molecule has 0 bridgehead atoms. The van der Waals surface area contributed by atoms with Crippen molar-refractivity contribution >= 4 is 5.95 Å². The standard InChI is InChI=1S/C17H21FN4O/c18-15-7-13(3-4-14(15)16-10-19-5-6-23-16)22-17-20-8-12(9-21-17)11-1-2-11/h3-4,7-9,11,14-16,19H,1-2,5-6,10H2,(H,20,21,22)/t14?,15?,16-/m1/s1. The molecule has 0 radical (unpaired) electrons. The van der Waals surface area contributed by atoms with Crippen LogP contribution in [-0.2, 0) is 4.74 Å². The van der Waals surface area contributed by atoms with Crippen LogP contribution in [0.25, 0.3) is 0 Å². The third-order valence-electron chi connectivity index (χ3n) is 4.57. The second kappa shape index (κ2) is 6.37. The van der Waals surface area contributed by atoms with Gasteiger partial charge in [0.15, 0.2) is 0 Å². The number of halogens is 1. The molecule has 1 aromatic rings. The van der Waals surface area contributed by atoms with Crippen molar-refractivity contribution < 1.29 is 9.13 Å². The van der Waals surface area contributed by atoms with Gasteiger partial charge in [0.1, 0.15) is 6.17 Å². The molecular formula is C17H21FN4O. The molecule has 0 amide bonds. The van der Waals surface area contributed by atoms with E-state index in [0.29, 0.717) is 30.7 Å². The summed E-state index contributed by atoms with van der Waals surface area (Å²) in [4.78, 5) is 8.63. The van der Waals surface area contributed by atoms with Gasteiger partial charge in [0.25, 0.3) is 0 Å². The number of anilines is 1. The molecule has 0 spiro atoms. The predicted octanol–water partition coefficient (Wildman–Crippen LogP) is 2.16. The summed E-state index contributed by atoms with van der Waals surface area (Å²) in [6.45, 7) is 2.16. The molecule has 122 valence electrons. The number of ether oxygens (including phenoxy) is 1. The van der Waals surface area contributed by atoms with Gasteiger partial charge in [-0.25, -0.2) is 14.4 Å². The third-order valence-corrected chi connectivity index (χ3v) is 4.57. The number of alkyl halides is 1. The zero-order chi connectivity index (χ0) is 15.6. The average molecular weight is 316 g/mol. The lowest BCUT2D eigenvalue weighted by Crippen LogP contribution is -2.45. The zero-order valence-corrected chi connectivity index (χ0v) is 12.9. The topological polar surface area (TPSA) is 59.1 Å². The van der Waals surface area contributed by atoms with Gasteiger partial charge in [-0.15, -0.1) is 0 Å². The first-order valence-electron chi connectivity index (χ1n) is 8.25. The van der Waals surface area contributed by atoms with E-state index in [9.17, 15) is 4.39 Å². The van der Waals surface area contributed by atoms with Crippen LogP contribution in [0.4, 0.5) is 10.3 Å². The fourth-order valence-electron chi connectivity index (χ4n) is 3.06. The molecule has 2 fully saturated rings. The monoisotopic (exact) mass is 316 g/mol. The fourth-order valence-corrected chi connectivity index (χ4v) is 3.06. The van der Waals surface area contributed by atoms with Crippen LogP contribution in [0.1, 0.15) is 24.3 Å². The van der Waals surface area contributed by atoms with Gasteiger partial charge in [-0.05, 0) is 36.5 Å². The van der Waals surface area contributed by atoms with Gasteiger partial charge >= 0.3 is 0 Å². The molecule has 1 saturated heterocycles. The van der Waals surface area contributed by atoms with E-state index in [0.717, 1.165) is 6.54 Å². The van der Waals surface area contributed by atoms with Crippen molar-refractivity contribution in [2.45, 2.75) is 31.0 Å². The van der Waals surface area contributed by atoms with Crippen LogP contribution in [0, 0.1) is 5.92 Å². The van der Waals surface area contributed by atoms with Crippen molar-refractivity contribution in [1.82, 2.24) is 15.3 Å². The molecule has 2 aliphatic carbocycles. The van der Waals surface area contributed by atoms with E-state index in [1.54, 1.807) is 6.08 Å². The summed E-state index contributed by atoms with van der Waals surface area (Å²) >= 11 is 0. The molecule has 5 nitrogen and oxygen atoms in total. The number of allylic oxidation sites excluding steroid dienone is 2. The maximum absolute atomic E-state index is 14.4. The van der Waals surface area contributed by atoms with Crippen LogP contribution in [0.3, 0.4) is 0 Å². The largest absolute Gasteiger partial charge is 0.375 e. The van der Waals surface area contributed by atoms with Crippen LogP contribution >= 0.6 is 0 Å². The molecule has 2 unspecified atom stereocenters. The smallest absolute Gasteiger partial charge is 0.227 e. The number of nitrogens with one attached hydrogen (secondary N) is 2. The van der Waals surface area contributed by atoms with E-state index in [-0.39, 0.29) is 12.0 Å². The summed E-state index contributed by atoms with van der Waals surface area (Å²) in [5, 5.41) is 6.32. The van der Waals surface area contributed by atoms with E-state index in [1.165, 1.54) is 18.4 Å². The quantitative estimate of drug-likeness (QED) is 0.891. The zero-order valence-electron chi connectivity index (χ0n) is 12.9. The van der Waals surface area contributed by atoms with Crippen molar-refractivity contribution in [2.24, 2.45) is 5.92 Å². The molecule has 2 N–H and O–H groups in total. The molecule has 1 aliphatic heterocycles. The Labute approximate surface area is 135 Å². The second-order valence-corrected chi connectivity index (χ2v) is 6.36. The van der Waals surface area contributed by atoms with Crippen molar-refractivity contribution in [3.8, 4) is 0 Å². The Morgan fingerprint density at radius 1 is 1.26 bits per heavy atom. The van der Waals surface area contributed by atoms with E-state index >= 15 is 0 Å². The number of nitrogens with zero attached hydrogens (tertiary/aromatic N) is 2. The first-order chi connectivity index (χ1) is 11.3. The first kappa shape index (κ1) is 14.8. The molecule has 3 aliphatic rings. The molecule has 6 heteroatoms. The van der Waals surface area contributed by atoms with Crippen LogP contribution in [0.5, 0.6) is 0 Å². The molecule has 0 aromatic carbocycles. The Hall–Kier alpha value is -1.79. The van der Waals surface area contributed by atoms with E-state index in [1.807, 2.05) is 24.5 Å². The summed E-state index contributed by atoms with van der Waals surface area (Å²) in [5.74, 6) is 0.899. The Morgan fingerprint density at radius 3 is 2.74 bits per heavy atom. The second-order valence-electron chi connectivity index (χ2n) is 6.36. The summed E-state index contributed by atoms with van der Waals surface area (Å²) in [6.07, 6.45) is 10.3. The van der Waals surface area contributed by atoms with Gasteiger partial charge in [-0.3, -0.25) is 0 Å². The number of aromatic nitrogens is 2. The van der Waals surface area contributed by atoms with E-state index in [4.69, 9.17) is 4.74 Å². The SMILES string of the molecule is FC1C=C(Nc2ncc(C3CC3)cn2)C=CC1[C@H]1CNCCO1. The van der Waals surface area contributed by atoms with Crippen molar-refractivity contribution in [3.63, 3.8) is 0 Å². The van der Waals surface area contributed by atoms with Gasteiger partial charge < -0.3 is 15.4 Å². The molecule has 3 atom stereocenters. The molecule has 23 heavy (non-hydrogen) atoms. The molecular weight excluding hydrogens is 295 g/mol. The van der Waals surface area contributed by atoms with Gasteiger partial charge in [0.2, 0.25) is 5.95 Å². The normalized spacial score (nSPS) is 30.8. The summed E-state index contributed by atoms with van der Waals surface area (Å²) in [5.41, 5.74) is 1.88. The predicted molar refractivity (Wildman–Crippen MR) is 85.8 cm³/mol. The minimum atomic E-state index is -1.07. The highest BCUT2D eigenvalue weighted by Crippen LogP contribution is 2.39. The van der Waals surface area contributed by atoms with Crippen LogP contribution in [0.2, 0.25) is 0 Å². The van der Waals surface area contributed by atoms with Gasteiger partial charge in [0.05, 0.1) is 12.7 Å². The third kappa shape index (κ3) is 3.43. The molecule has 1 saturated carbocycles. The van der Waals surface area contributed by atoms with Gasteiger partial charge in [-0.2, -0.15) is 0 Å². The van der Waals surface area contributed by atoms with E-state index < -0.39 is 6.17 Å². The van der Waals surface area contributed by atoms with Crippen molar-refractivity contribution in [2.75, 3.05) is 25.0 Å². The Bertz CT molecular complexity index is 606. The highest BCUT2D eigenvalue weighted by molar-refractivity contribution is 5.42. The fraction of sp³-hybridized carbons (Fsp3) is 0.529. The molecule has 4 rings (SSSR count). The number of hydrogen-bond acceptors (Lipinski definition) is 5. The number of rotatable bonds is 4. The first-order valence-corrected chi connectivity index (χ1v) is 8.25. The van der Waals surface area contributed by atoms with Crippen molar-refractivity contribution in [1.29, 1.82) is 0 Å². The maximum atomic E-state index is 14.4. The highest BCUT2D eigenvalue weighted by atomic mass is 19.1. The minimum absolute atomic E-state index is 0.109. The lowest BCUT2D eigenvalue weighted by atomic mass is 9.91. The Kier molecular flexibility index (Phi) is 4.10. The Morgan fingerprint density at radius 2 is 2.09 bits per heavy atom. The summed E-state index contributed by atoms with van der Waals surface area (Å²) < 4.78 is 20.1. The van der Waals surface area contributed by atoms with Crippen molar-refractivity contribution in [3.05, 3.63) is 41.9 Å². The van der Waals surface area contributed by atoms with Gasteiger partial charge in [-0.1, -0.05) is 6.08 Å². The lowest BCUT2D eigenvalue weighted by Gasteiger charge is -2.32. The van der Waals surface area contributed by atoms with Crippen LogP contribution in [-0.4, -0.2) is 41.9 Å². The summed E-state index contributed by atoms with van der Waals surface area (Å²) in [6, 6.07) is 0. The van der Waals surface area contributed by atoms with Crippen LogP contribution < -0.4 is 10.6 Å². The molecule has 1 aromatic heterocycles. The average Bonchev–Trinajstić information content (AvgIpc) is 3.42. The summed E-state index contributed by atoms with van der Waals surface area (Å²) in [7, 11) is 0. The minimum Gasteiger partial charge on any atom is -0.375 e. The van der Waals surface area contributed by atoms with Gasteiger partial charge in [0, 0.05) is 37.1 Å².